The van der Waals surface area contributed by atoms with Gasteiger partial charge in [0.15, 0.2) is 11.6 Å². The van der Waals surface area contributed by atoms with Crippen LogP contribution in [0.5, 0.6) is 0 Å². The Labute approximate surface area is 209 Å². The van der Waals surface area contributed by atoms with E-state index in [1.54, 1.807) is 0 Å². The van der Waals surface area contributed by atoms with Crippen molar-refractivity contribution in [3.8, 4) is 17.3 Å². The number of hydrogen-bond donors (Lipinski definition) is 0. The standard InChI is InChI=1S/C23H30FN5O6Si/c1-6-36(7-2,8-3)10-9-23(13-33-16(4)30)19(34-17(5)31)11-20(35-23)28-12-18(24)21(27-22(28)32)29-15-25-14-26-29/h12,14-15,19-20H,6-8,11,13H2,1-5H3/t19-,20+,23+/m0/s1. The van der Waals surface area contributed by atoms with Crippen LogP contribution in [0.15, 0.2) is 23.6 Å². The number of rotatable bonds is 8. The lowest BCUT2D eigenvalue weighted by Crippen LogP contribution is -2.46. The van der Waals surface area contributed by atoms with Gasteiger partial charge in [0.2, 0.25) is 5.60 Å². The molecule has 1 saturated heterocycles. The maximum Gasteiger partial charge on any atom is 0.351 e. The molecule has 3 atom stereocenters. The first-order chi connectivity index (χ1) is 17.1. The van der Waals surface area contributed by atoms with Crippen LogP contribution in [0.2, 0.25) is 18.1 Å². The lowest BCUT2D eigenvalue weighted by Gasteiger charge is -2.29. The molecule has 0 bridgehead atoms. The lowest BCUT2D eigenvalue weighted by atomic mass is 9.98. The Morgan fingerprint density at radius 3 is 2.50 bits per heavy atom. The molecule has 0 radical (unpaired) electrons. The summed E-state index contributed by atoms with van der Waals surface area (Å²) in [6, 6.07) is 2.70. The maximum absolute atomic E-state index is 14.9. The van der Waals surface area contributed by atoms with Crippen molar-refractivity contribution >= 4 is 20.0 Å². The summed E-state index contributed by atoms with van der Waals surface area (Å²) < 4.78 is 33.9. The summed E-state index contributed by atoms with van der Waals surface area (Å²) in [5, 5.41) is 3.80. The minimum Gasteiger partial charge on any atom is -0.462 e. The van der Waals surface area contributed by atoms with E-state index >= 15 is 0 Å². The van der Waals surface area contributed by atoms with E-state index in [1.165, 1.54) is 26.5 Å². The summed E-state index contributed by atoms with van der Waals surface area (Å²) in [6.07, 6.45) is 1.25. The quantitative estimate of drug-likeness (QED) is 0.293. The van der Waals surface area contributed by atoms with Crippen molar-refractivity contribution in [2.45, 2.75) is 77.1 Å². The van der Waals surface area contributed by atoms with Crippen LogP contribution in [0.4, 0.5) is 4.39 Å². The molecular formula is C23H30FN5O6Si. The van der Waals surface area contributed by atoms with Crippen molar-refractivity contribution in [2.75, 3.05) is 6.61 Å². The van der Waals surface area contributed by atoms with Crippen molar-refractivity contribution in [3.63, 3.8) is 0 Å². The zero-order chi connectivity index (χ0) is 26.5. The monoisotopic (exact) mass is 519 g/mol. The van der Waals surface area contributed by atoms with Gasteiger partial charge in [-0.25, -0.2) is 14.2 Å². The fraction of sp³-hybridized carbons (Fsp3) is 0.565. The van der Waals surface area contributed by atoms with Crippen LogP contribution < -0.4 is 5.69 Å². The van der Waals surface area contributed by atoms with E-state index < -0.39 is 49.5 Å². The molecule has 2 aromatic heterocycles. The molecule has 194 valence electrons. The zero-order valence-corrected chi connectivity index (χ0v) is 22.0. The van der Waals surface area contributed by atoms with Gasteiger partial charge in [0, 0.05) is 20.3 Å². The van der Waals surface area contributed by atoms with E-state index in [0.717, 1.165) is 33.6 Å². The molecule has 0 saturated carbocycles. The number of nitrogens with zero attached hydrogens (tertiary/aromatic N) is 5. The zero-order valence-electron chi connectivity index (χ0n) is 21.0. The van der Waals surface area contributed by atoms with Gasteiger partial charge in [-0.3, -0.25) is 14.2 Å². The molecule has 1 fully saturated rings. The Bertz CT molecular complexity index is 1210. The maximum atomic E-state index is 14.9. The third kappa shape index (κ3) is 5.71. The molecule has 3 heterocycles. The van der Waals surface area contributed by atoms with E-state index in [-0.39, 0.29) is 18.8 Å². The Kier molecular flexibility index (Phi) is 8.42. The minimum absolute atomic E-state index is 0.0296. The van der Waals surface area contributed by atoms with E-state index in [0.29, 0.717) is 0 Å². The molecule has 1 aliphatic rings. The van der Waals surface area contributed by atoms with Crippen LogP contribution in [0.25, 0.3) is 5.82 Å². The predicted molar refractivity (Wildman–Crippen MR) is 128 cm³/mol. The second-order valence-electron chi connectivity index (χ2n) is 8.61. The Hall–Kier alpha value is -3.37. The van der Waals surface area contributed by atoms with Crippen molar-refractivity contribution < 1.29 is 28.2 Å². The number of hydrogen-bond acceptors (Lipinski definition) is 9. The van der Waals surface area contributed by atoms with Crippen LogP contribution in [0.3, 0.4) is 0 Å². The average molecular weight is 520 g/mol. The summed E-state index contributed by atoms with van der Waals surface area (Å²) in [4.78, 5) is 44.0. The van der Waals surface area contributed by atoms with E-state index in [1.807, 2.05) is 0 Å². The van der Waals surface area contributed by atoms with Gasteiger partial charge in [-0.05, 0) is 18.1 Å². The predicted octanol–water partition coefficient (Wildman–Crippen LogP) is 2.17. The summed E-state index contributed by atoms with van der Waals surface area (Å²) in [5.74, 6) is 0.820. The van der Waals surface area contributed by atoms with Gasteiger partial charge in [-0.2, -0.15) is 14.8 Å². The molecule has 2 aromatic rings. The minimum atomic E-state index is -2.00. The number of carbonyl (C=O) groups excluding carboxylic acids is 2. The highest BCUT2D eigenvalue weighted by molar-refractivity contribution is 6.87. The molecule has 3 rings (SSSR count). The highest BCUT2D eigenvalue weighted by atomic mass is 28.3. The molecule has 0 aliphatic carbocycles. The van der Waals surface area contributed by atoms with Crippen LogP contribution in [-0.4, -0.2) is 62.6 Å². The summed E-state index contributed by atoms with van der Waals surface area (Å²) in [5.41, 5.74) is 1.05. The topological polar surface area (TPSA) is 127 Å². The molecule has 0 unspecified atom stereocenters. The Balaban J connectivity index is 2.08. The number of esters is 2. The summed E-state index contributed by atoms with van der Waals surface area (Å²) in [6.45, 7) is 8.40. The van der Waals surface area contributed by atoms with Gasteiger partial charge in [-0.1, -0.05) is 26.7 Å². The fourth-order valence-electron chi connectivity index (χ4n) is 4.11. The Morgan fingerprint density at radius 1 is 1.25 bits per heavy atom. The number of halogens is 1. The van der Waals surface area contributed by atoms with Crippen LogP contribution in [0, 0.1) is 17.3 Å². The molecule has 36 heavy (non-hydrogen) atoms. The van der Waals surface area contributed by atoms with Gasteiger partial charge in [-0.15, -0.1) is 5.54 Å². The van der Waals surface area contributed by atoms with Crippen molar-refractivity contribution in [1.29, 1.82) is 0 Å². The van der Waals surface area contributed by atoms with Gasteiger partial charge < -0.3 is 14.2 Å². The second kappa shape index (κ2) is 11.1. The molecule has 0 N–H and O–H groups in total. The van der Waals surface area contributed by atoms with Crippen LogP contribution >= 0.6 is 0 Å². The molecule has 11 nitrogen and oxygen atoms in total. The molecule has 0 spiro atoms. The van der Waals surface area contributed by atoms with Gasteiger partial charge in [0.25, 0.3) is 0 Å². The van der Waals surface area contributed by atoms with E-state index in [9.17, 15) is 18.8 Å². The third-order valence-electron chi connectivity index (χ3n) is 6.48. The van der Waals surface area contributed by atoms with E-state index in [2.05, 4.69) is 47.3 Å². The normalized spacial score (nSPS) is 21.5. The molecular weight excluding hydrogens is 489 g/mol. The van der Waals surface area contributed by atoms with Crippen molar-refractivity contribution in [3.05, 3.63) is 35.2 Å². The van der Waals surface area contributed by atoms with Crippen LogP contribution in [-0.2, 0) is 23.8 Å². The highest BCUT2D eigenvalue weighted by Gasteiger charge is 2.52. The molecule has 0 aromatic carbocycles. The molecule has 1 aliphatic heterocycles. The smallest absolute Gasteiger partial charge is 0.351 e. The summed E-state index contributed by atoms with van der Waals surface area (Å²) in [7, 11) is -2.00. The fourth-order valence-corrected chi connectivity index (χ4v) is 6.62. The first-order valence-electron chi connectivity index (χ1n) is 11.7. The number of ether oxygens (including phenoxy) is 3. The largest absolute Gasteiger partial charge is 0.462 e. The third-order valence-corrected chi connectivity index (χ3v) is 11.2. The van der Waals surface area contributed by atoms with Crippen molar-refractivity contribution in [1.82, 2.24) is 24.3 Å². The van der Waals surface area contributed by atoms with E-state index in [4.69, 9.17) is 14.2 Å². The number of aromatic nitrogens is 5. The first kappa shape index (κ1) is 27.2. The average Bonchev–Trinajstić information content (AvgIpc) is 3.49. The number of carbonyl (C=O) groups is 2. The van der Waals surface area contributed by atoms with Gasteiger partial charge in [0.05, 0.1) is 6.20 Å². The Morgan fingerprint density at radius 2 is 1.94 bits per heavy atom. The highest BCUT2D eigenvalue weighted by Crippen LogP contribution is 2.39. The van der Waals surface area contributed by atoms with Gasteiger partial charge >= 0.3 is 17.6 Å². The van der Waals surface area contributed by atoms with Gasteiger partial charge in [0.1, 0.15) is 39.7 Å². The SMILES string of the molecule is CC[Si](C#C[C@]1(COC(C)=O)O[C@@H](n2cc(F)c(-n3cncn3)nc2=O)C[C@@H]1OC(C)=O)(CC)CC. The second-order valence-corrected chi connectivity index (χ2v) is 13.5. The van der Waals surface area contributed by atoms with Crippen molar-refractivity contribution in [2.24, 2.45) is 0 Å². The molecule has 13 heteroatoms. The lowest BCUT2D eigenvalue weighted by molar-refractivity contribution is -0.164. The molecule has 0 amide bonds. The van der Waals surface area contributed by atoms with Crippen LogP contribution in [0.1, 0.15) is 47.3 Å². The summed E-state index contributed by atoms with van der Waals surface area (Å²) >= 11 is 0. The first-order valence-corrected chi connectivity index (χ1v) is 14.4.